The van der Waals surface area contributed by atoms with Gasteiger partial charge in [-0.25, -0.2) is 12.8 Å². The monoisotopic (exact) mass is 463 g/mol. The van der Waals surface area contributed by atoms with E-state index in [-0.39, 0.29) is 27.7 Å². The SMILES string of the molecule is CC1CN(c2ccc(F)c(NS(=O)(=O)c3ccc(-c4ccoc4)cc3Cl)c2)CC(C)N1. The van der Waals surface area contributed by atoms with Crippen molar-refractivity contribution in [1.82, 2.24) is 5.32 Å². The van der Waals surface area contributed by atoms with Crippen LogP contribution in [0.25, 0.3) is 11.1 Å². The van der Waals surface area contributed by atoms with Crippen molar-refractivity contribution >= 4 is 33.0 Å². The molecular weight excluding hydrogens is 441 g/mol. The van der Waals surface area contributed by atoms with Gasteiger partial charge in [0.05, 0.1) is 23.2 Å². The van der Waals surface area contributed by atoms with Crippen LogP contribution in [0.5, 0.6) is 0 Å². The van der Waals surface area contributed by atoms with Gasteiger partial charge < -0.3 is 14.6 Å². The zero-order valence-electron chi connectivity index (χ0n) is 17.1. The number of anilines is 2. The molecule has 31 heavy (non-hydrogen) atoms. The van der Waals surface area contributed by atoms with E-state index in [1.165, 1.54) is 36.8 Å². The Balaban J connectivity index is 1.61. The predicted octanol–water partition coefficient (Wildman–Crippen LogP) is 4.73. The fraction of sp³-hybridized carbons (Fsp3) is 0.273. The van der Waals surface area contributed by atoms with Gasteiger partial charge in [-0.15, -0.1) is 0 Å². The molecule has 0 radical (unpaired) electrons. The molecule has 1 aromatic heterocycles. The molecule has 4 rings (SSSR count). The quantitative estimate of drug-likeness (QED) is 0.572. The average Bonchev–Trinajstić information content (AvgIpc) is 3.23. The van der Waals surface area contributed by atoms with Crippen molar-refractivity contribution < 1.29 is 17.2 Å². The summed E-state index contributed by atoms with van der Waals surface area (Å²) in [4.78, 5) is 1.98. The minimum absolute atomic E-state index is 0.0347. The first-order valence-electron chi connectivity index (χ1n) is 9.88. The van der Waals surface area contributed by atoms with Crippen LogP contribution in [0.15, 0.2) is 64.3 Å². The summed E-state index contributed by atoms with van der Waals surface area (Å²) < 4.78 is 47.8. The van der Waals surface area contributed by atoms with Crippen LogP contribution in [0.1, 0.15) is 13.8 Å². The summed E-state index contributed by atoms with van der Waals surface area (Å²) in [6, 6.07) is 11.3. The molecule has 1 fully saturated rings. The van der Waals surface area contributed by atoms with Crippen LogP contribution in [0.2, 0.25) is 5.02 Å². The molecule has 2 atom stereocenters. The Labute approximate surface area is 186 Å². The summed E-state index contributed by atoms with van der Waals surface area (Å²) >= 11 is 6.26. The number of piperazine rings is 1. The molecule has 0 amide bonds. The lowest BCUT2D eigenvalue weighted by Crippen LogP contribution is -2.54. The van der Waals surface area contributed by atoms with Crippen LogP contribution in [-0.2, 0) is 10.0 Å². The maximum atomic E-state index is 14.5. The fourth-order valence-electron chi connectivity index (χ4n) is 3.85. The largest absolute Gasteiger partial charge is 0.472 e. The van der Waals surface area contributed by atoms with Gasteiger partial charge in [0.15, 0.2) is 0 Å². The van der Waals surface area contributed by atoms with E-state index in [1.54, 1.807) is 18.2 Å². The van der Waals surface area contributed by atoms with Crippen molar-refractivity contribution in [3.05, 3.63) is 65.8 Å². The van der Waals surface area contributed by atoms with Gasteiger partial charge in [0.1, 0.15) is 10.7 Å². The number of rotatable bonds is 5. The number of furan rings is 1. The Morgan fingerprint density at radius 2 is 1.84 bits per heavy atom. The highest BCUT2D eigenvalue weighted by Gasteiger charge is 2.24. The molecule has 2 aromatic carbocycles. The van der Waals surface area contributed by atoms with E-state index in [0.717, 1.165) is 24.3 Å². The third kappa shape index (κ3) is 4.71. The van der Waals surface area contributed by atoms with Crippen molar-refractivity contribution in [3.63, 3.8) is 0 Å². The highest BCUT2D eigenvalue weighted by molar-refractivity contribution is 7.92. The van der Waals surface area contributed by atoms with Crippen LogP contribution in [0, 0.1) is 5.82 Å². The Morgan fingerprint density at radius 1 is 1.10 bits per heavy atom. The van der Waals surface area contributed by atoms with Crippen molar-refractivity contribution in [2.24, 2.45) is 0 Å². The predicted molar refractivity (Wildman–Crippen MR) is 121 cm³/mol. The molecule has 0 saturated carbocycles. The number of hydrogen-bond acceptors (Lipinski definition) is 5. The second-order valence-corrected chi connectivity index (χ2v) is 9.86. The molecule has 0 aliphatic carbocycles. The van der Waals surface area contributed by atoms with Gasteiger partial charge in [-0.1, -0.05) is 17.7 Å². The van der Waals surface area contributed by atoms with Gasteiger partial charge in [-0.05, 0) is 55.8 Å². The Bertz CT molecular complexity index is 1170. The van der Waals surface area contributed by atoms with Gasteiger partial charge in [0.2, 0.25) is 0 Å². The molecule has 9 heteroatoms. The maximum absolute atomic E-state index is 14.5. The van der Waals surface area contributed by atoms with Gasteiger partial charge in [0.25, 0.3) is 10.0 Å². The maximum Gasteiger partial charge on any atom is 0.263 e. The first-order chi connectivity index (χ1) is 14.7. The van der Waals surface area contributed by atoms with E-state index in [4.69, 9.17) is 16.0 Å². The fourth-order valence-corrected chi connectivity index (χ4v) is 5.46. The van der Waals surface area contributed by atoms with Gasteiger partial charge in [-0.3, -0.25) is 4.72 Å². The zero-order valence-corrected chi connectivity index (χ0v) is 18.7. The number of nitrogens with one attached hydrogen (secondary N) is 2. The van der Waals surface area contributed by atoms with Crippen LogP contribution < -0.4 is 14.9 Å². The van der Waals surface area contributed by atoms with Crippen molar-refractivity contribution in [3.8, 4) is 11.1 Å². The normalized spacial score (nSPS) is 19.4. The van der Waals surface area contributed by atoms with E-state index in [9.17, 15) is 12.8 Å². The summed E-state index contributed by atoms with van der Waals surface area (Å²) in [6.45, 7) is 5.63. The van der Waals surface area contributed by atoms with Gasteiger partial charge in [-0.2, -0.15) is 0 Å². The number of hydrogen-bond donors (Lipinski definition) is 2. The van der Waals surface area contributed by atoms with Crippen LogP contribution in [0.3, 0.4) is 0 Å². The van der Waals surface area contributed by atoms with E-state index < -0.39 is 15.8 Å². The first kappa shape index (κ1) is 21.7. The van der Waals surface area contributed by atoms with Crippen molar-refractivity contribution in [2.45, 2.75) is 30.8 Å². The zero-order chi connectivity index (χ0) is 22.2. The van der Waals surface area contributed by atoms with Crippen LogP contribution >= 0.6 is 11.6 Å². The topological polar surface area (TPSA) is 74.6 Å². The molecule has 2 heterocycles. The smallest absolute Gasteiger partial charge is 0.263 e. The second kappa shape index (κ2) is 8.53. The Hall–Kier alpha value is -2.55. The van der Waals surface area contributed by atoms with E-state index >= 15 is 0 Å². The molecule has 1 saturated heterocycles. The molecule has 6 nitrogen and oxygen atoms in total. The molecule has 3 aromatic rings. The van der Waals surface area contributed by atoms with Crippen LogP contribution in [-0.4, -0.2) is 33.6 Å². The third-order valence-electron chi connectivity index (χ3n) is 5.19. The third-order valence-corrected chi connectivity index (χ3v) is 7.04. The Kier molecular flexibility index (Phi) is 5.96. The molecular formula is C22H23ClFN3O3S. The molecule has 0 spiro atoms. The second-order valence-electron chi connectivity index (χ2n) is 7.80. The van der Waals surface area contributed by atoms with Crippen molar-refractivity contribution in [2.75, 3.05) is 22.7 Å². The average molecular weight is 464 g/mol. The summed E-state index contributed by atoms with van der Waals surface area (Å²) in [5, 5.41) is 3.47. The number of halogens is 2. The highest BCUT2D eigenvalue weighted by atomic mass is 35.5. The Morgan fingerprint density at radius 3 is 2.48 bits per heavy atom. The molecule has 1 aliphatic rings. The number of nitrogens with zero attached hydrogens (tertiary/aromatic N) is 1. The lowest BCUT2D eigenvalue weighted by molar-refractivity contribution is 0.407. The van der Waals surface area contributed by atoms with Gasteiger partial charge in [0, 0.05) is 36.4 Å². The lowest BCUT2D eigenvalue weighted by Gasteiger charge is -2.37. The molecule has 2 N–H and O–H groups in total. The lowest BCUT2D eigenvalue weighted by atomic mass is 10.1. The van der Waals surface area contributed by atoms with E-state index in [0.29, 0.717) is 5.56 Å². The van der Waals surface area contributed by atoms with Crippen LogP contribution in [0.4, 0.5) is 15.8 Å². The minimum Gasteiger partial charge on any atom is -0.472 e. The minimum atomic E-state index is -4.10. The molecule has 1 aliphatic heterocycles. The van der Waals surface area contributed by atoms with E-state index in [1.807, 2.05) is 0 Å². The standard InChI is InChI=1S/C22H23ClFN3O3S/c1-14-11-27(12-15(2)25-14)18-4-5-20(24)21(10-18)26-31(28,29)22-6-3-16(9-19(22)23)17-7-8-30-13-17/h3-10,13-15,25-26H,11-12H2,1-2H3. The van der Waals surface area contributed by atoms with Gasteiger partial charge >= 0.3 is 0 Å². The highest BCUT2D eigenvalue weighted by Crippen LogP contribution is 2.31. The molecule has 164 valence electrons. The number of benzene rings is 2. The number of sulfonamides is 1. The summed E-state index contributed by atoms with van der Waals surface area (Å²) in [7, 11) is -4.10. The first-order valence-corrected chi connectivity index (χ1v) is 11.7. The molecule has 2 unspecified atom stereocenters. The van der Waals surface area contributed by atoms with E-state index in [2.05, 4.69) is 28.8 Å². The molecule has 0 bridgehead atoms. The summed E-state index contributed by atoms with van der Waals surface area (Å²) in [5.41, 5.74) is 2.12. The summed E-state index contributed by atoms with van der Waals surface area (Å²) in [6.07, 6.45) is 3.06. The van der Waals surface area contributed by atoms with Crippen molar-refractivity contribution in [1.29, 1.82) is 0 Å². The summed E-state index contributed by atoms with van der Waals surface area (Å²) in [5.74, 6) is -0.658.